The summed E-state index contributed by atoms with van der Waals surface area (Å²) in [5, 5.41) is 6.25. The molecule has 0 aliphatic rings. The van der Waals surface area contributed by atoms with Gasteiger partial charge in [0, 0.05) is 45.5 Å². The van der Waals surface area contributed by atoms with Gasteiger partial charge in [-0.15, -0.1) is 0 Å². The molecule has 0 aliphatic heterocycles. The molecule has 3 aromatic heterocycles. The van der Waals surface area contributed by atoms with Gasteiger partial charge >= 0.3 is 0 Å². The highest BCUT2D eigenvalue weighted by Crippen LogP contribution is 2.36. The Kier molecular flexibility index (Phi) is 4.52. The first-order chi connectivity index (χ1) is 18.8. The van der Waals surface area contributed by atoms with Crippen LogP contribution in [0.3, 0.4) is 0 Å². The SMILES string of the molecule is c1ccc(-n2ccc3cc4cc5c(cc4cc32)c2ccccc2n5-c2ccc(-c3ccccn3)cc2)cc1. The molecular weight excluding hydrogens is 462 g/mol. The van der Waals surface area contributed by atoms with Gasteiger partial charge in [0.15, 0.2) is 0 Å². The van der Waals surface area contributed by atoms with Crippen LogP contribution < -0.4 is 0 Å². The summed E-state index contributed by atoms with van der Waals surface area (Å²) in [6, 6.07) is 45.5. The molecule has 0 N–H and O–H groups in total. The van der Waals surface area contributed by atoms with Gasteiger partial charge in [0.2, 0.25) is 0 Å². The van der Waals surface area contributed by atoms with Crippen LogP contribution in [-0.2, 0) is 0 Å². The van der Waals surface area contributed by atoms with Crippen LogP contribution in [-0.4, -0.2) is 14.1 Å². The molecule has 5 aromatic carbocycles. The lowest BCUT2D eigenvalue weighted by Gasteiger charge is -2.10. The maximum absolute atomic E-state index is 4.51. The Morgan fingerprint density at radius 1 is 0.474 bits per heavy atom. The second kappa shape index (κ2) is 8.19. The quantitative estimate of drug-likeness (QED) is 0.245. The van der Waals surface area contributed by atoms with E-state index in [9.17, 15) is 0 Å². The fourth-order valence-electron chi connectivity index (χ4n) is 5.75. The zero-order valence-corrected chi connectivity index (χ0v) is 20.6. The molecule has 0 atom stereocenters. The Bertz CT molecular complexity index is 2100. The van der Waals surface area contributed by atoms with Gasteiger partial charge in [-0.25, -0.2) is 0 Å². The number of para-hydroxylation sites is 2. The van der Waals surface area contributed by atoms with Crippen molar-refractivity contribution < 1.29 is 0 Å². The van der Waals surface area contributed by atoms with Crippen molar-refractivity contribution in [3.8, 4) is 22.6 Å². The topological polar surface area (TPSA) is 22.8 Å². The van der Waals surface area contributed by atoms with Gasteiger partial charge in [0.05, 0.1) is 22.2 Å². The van der Waals surface area contributed by atoms with Crippen molar-refractivity contribution in [3.63, 3.8) is 0 Å². The molecule has 0 unspecified atom stereocenters. The third-order valence-electron chi connectivity index (χ3n) is 7.56. The van der Waals surface area contributed by atoms with Gasteiger partial charge in [0.25, 0.3) is 0 Å². The van der Waals surface area contributed by atoms with Gasteiger partial charge in [0.1, 0.15) is 0 Å². The minimum atomic E-state index is 0.985. The van der Waals surface area contributed by atoms with Gasteiger partial charge in [-0.05, 0) is 83.6 Å². The molecule has 3 heteroatoms. The van der Waals surface area contributed by atoms with Crippen molar-refractivity contribution in [2.45, 2.75) is 0 Å². The second-order valence-electron chi connectivity index (χ2n) is 9.76. The third-order valence-corrected chi connectivity index (χ3v) is 7.56. The van der Waals surface area contributed by atoms with E-state index in [4.69, 9.17) is 0 Å². The van der Waals surface area contributed by atoms with Crippen LogP contribution in [0.25, 0.3) is 66.1 Å². The van der Waals surface area contributed by atoms with E-state index in [2.05, 4.69) is 130 Å². The second-order valence-corrected chi connectivity index (χ2v) is 9.76. The Morgan fingerprint density at radius 3 is 2.08 bits per heavy atom. The van der Waals surface area contributed by atoms with E-state index in [0.29, 0.717) is 0 Å². The van der Waals surface area contributed by atoms with E-state index in [1.165, 1.54) is 49.2 Å². The lowest BCUT2D eigenvalue weighted by Crippen LogP contribution is -1.94. The smallest absolute Gasteiger partial charge is 0.0701 e. The molecule has 8 aromatic rings. The molecular formula is C35H23N3. The molecule has 0 amide bonds. The number of hydrogen-bond acceptors (Lipinski definition) is 1. The van der Waals surface area contributed by atoms with Gasteiger partial charge < -0.3 is 9.13 Å². The molecule has 0 bridgehead atoms. The standard InChI is InChI=1S/C35H23N3/c1-2-8-28(9-3-1)37-19-17-25-20-26-23-35-31(21-27(26)22-34(25)37)30-10-4-5-12-33(30)38(35)29-15-13-24(14-16-29)32-11-6-7-18-36-32/h1-23H. The van der Waals surface area contributed by atoms with Crippen LogP contribution in [0.5, 0.6) is 0 Å². The molecule has 38 heavy (non-hydrogen) atoms. The third kappa shape index (κ3) is 3.19. The maximum Gasteiger partial charge on any atom is 0.0701 e. The van der Waals surface area contributed by atoms with Gasteiger partial charge in [-0.1, -0.05) is 54.6 Å². The highest BCUT2D eigenvalue weighted by Gasteiger charge is 2.14. The number of pyridine rings is 1. The molecule has 0 spiro atoms. The predicted molar refractivity (Wildman–Crippen MR) is 158 cm³/mol. The fraction of sp³-hybridized carbons (Fsp3) is 0. The van der Waals surface area contributed by atoms with E-state index in [1.54, 1.807) is 0 Å². The molecule has 3 heterocycles. The van der Waals surface area contributed by atoms with Crippen molar-refractivity contribution >= 4 is 43.5 Å². The lowest BCUT2D eigenvalue weighted by molar-refractivity contribution is 1.13. The van der Waals surface area contributed by atoms with Crippen LogP contribution in [0, 0.1) is 0 Å². The highest BCUT2D eigenvalue weighted by molar-refractivity contribution is 6.15. The van der Waals surface area contributed by atoms with E-state index in [1.807, 2.05) is 24.4 Å². The first-order valence-corrected chi connectivity index (χ1v) is 12.9. The summed E-state index contributed by atoms with van der Waals surface area (Å²) in [5.74, 6) is 0. The van der Waals surface area contributed by atoms with Crippen LogP contribution in [0.15, 0.2) is 140 Å². The Hall–Kier alpha value is -5.15. The zero-order chi connectivity index (χ0) is 25.1. The van der Waals surface area contributed by atoms with E-state index < -0.39 is 0 Å². The van der Waals surface area contributed by atoms with Crippen LogP contribution in [0.2, 0.25) is 0 Å². The molecule has 8 rings (SSSR count). The number of nitrogens with zero attached hydrogens (tertiary/aromatic N) is 3. The summed E-state index contributed by atoms with van der Waals surface area (Å²) < 4.78 is 4.65. The summed E-state index contributed by atoms with van der Waals surface area (Å²) in [4.78, 5) is 4.51. The minimum Gasteiger partial charge on any atom is -0.317 e. The Balaban J connectivity index is 1.35. The number of benzene rings is 5. The molecule has 0 saturated carbocycles. The monoisotopic (exact) mass is 485 g/mol. The molecule has 3 nitrogen and oxygen atoms in total. The molecule has 0 aliphatic carbocycles. The highest BCUT2D eigenvalue weighted by atomic mass is 15.0. The molecule has 0 fully saturated rings. The van der Waals surface area contributed by atoms with Gasteiger partial charge in [-0.3, -0.25) is 4.98 Å². The van der Waals surface area contributed by atoms with Crippen LogP contribution in [0.1, 0.15) is 0 Å². The predicted octanol–water partition coefficient (Wildman–Crippen LogP) is 8.94. The summed E-state index contributed by atoms with van der Waals surface area (Å²) in [6.07, 6.45) is 4.00. The van der Waals surface area contributed by atoms with Crippen molar-refractivity contribution in [2.75, 3.05) is 0 Å². The number of rotatable bonds is 3. The van der Waals surface area contributed by atoms with Crippen molar-refractivity contribution in [2.24, 2.45) is 0 Å². The number of aromatic nitrogens is 3. The molecule has 0 saturated heterocycles. The number of fused-ring (bicyclic) bond motifs is 5. The first-order valence-electron chi connectivity index (χ1n) is 12.9. The average molecular weight is 486 g/mol. The van der Waals surface area contributed by atoms with E-state index in [-0.39, 0.29) is 0 Å². The zero-order valence-electron chi connectivity index (χ0n) is 20.6. The fourth-order valence-corrected chi connectivity index (χ4v) is 5.75. The molecule has 0 radical (unpaired) electrons. The minimum absolute atomic E-state index is 0.985. The van der Waals surface area contributed by atoms with Crippen LogP contribution in [0.4, 0.5) is 0 Å². The van der Waals surface area contributed by atoms with E-state index >= 15 is 0 Å². The van der Waals surface area contributed by atoms with Crippen molar-refractivity contribution in [1.82, 2.24) is 14.1 Å². The first kappa shape index (κ1) is 21.0. The maximum atomic E-state index is 4.51. The average Bonchev–Trinajstić information content (AvgIpc) is 3.54. The summed E-state index contributed by atoms with van der Waals surface area (Å²) >= 11 is 0. The number of hydrogen-bond donors (Lipinski definition) is 0. The lowest BCUT2D eigenvalue weighted by atomic mass is 10.0. The normalized spacial score (nSPS) is 11.7. The van der Waals surface area contributed by atoms with E-state index in [0.717, 1.165) is 16.9 Å². The van der Waals surface area contributed by atoms with Crippen molar-refractivity contribution in [3.05, 3.63) is 140 Å². The van der Waals surface area contributed by atoms with Gasteiger partial charge in [-0.2, -0.15) is 0 Å². The largest absolute Gasteiger partial charge is 0.317 e. The summed E-state index contributed by atoms with van der Waals surface area (Å²) in [5.41, 5.74) is 8.06. The van der Waals surface area contributed by atoms with Crippen LogP contribution >= 0.6 is 0 Å². The molecule has 178 valence electrons. The summed E-state index contributed by atoms with van der Waals surface area (Å²) in [7, 11) is 0. The Labute approximate surface area is 219 Å². The summed E-state index contributed by atoms with van der Waals surface area (Å²) in [6.45, 7) is 0. The Morgan fingerprint density at radius 2 is 1.24 bits per heavy atom. The van der Waals surface area contributed by atoms with Crippen molar-refractivity contribution in [1.29, 1.82) is 0 Å².